The minimum absolute atomic E-state index is 0.0174. The second-order valence-corrected chi connectivity index (χ2v) is 8.18. The standard InChI is InChI=1S/C19H20O6/c1-19-7-15(9-2-3-23-8-9)25-18(22)13(19)6-14(20)16-11-4-10(5-12(16)19)24-17(11)21/h2-3,8,10-13,15-16H,4-7H2,1H3/t10?,11?,12?,13?,15?,16?,19-/m1/s1. The van der Waals surface area contributed by atoms with Crippen molar-refractivity contribution >= 4 is 17.7 Å². The summed E-state index contributed by atoms with van der Waals surface area (Å²) in [5.74, 6) is -1.63. The molecule has 0 amide bonds. The molecule has 4 fully saturated rings. The van der Waals surface area contributed by atoms with E-state index in [1.54, 1.807) is 12.5 Å². The van der Waals surface area contributed by atoms with Crippen molar-refractivity contribution in [2.24, 2.45) is 29.1 Å². The van der Waals surface area contributed by atoms with Gasteiger partial charge in [-0.2, -0.15) is 0 Å². The van der Waals surface area contributed by atoms with E-state index in [9.17, 15) is 14.4 Å². The van der Waals surface area contributed by atoms with Gasteiger partial charge >= 0.3 is 11.9 Å². The van der Waals surface area contributed by atoms with Gasteiger partial charge in [0, 0.05) is 17.9 Å². The highest BCUT2D eigenvalue weighted by Gasteiger charge is 2.64. The number of esters is 2. The zero-order valence-electron chi connectivity index (χ0n) is 14.0. The molecule has 2 saturated heterocycles. The highest BCUT2D eigenvalue weighted by atomic mass is 16.6. The molecule has 0 spiro atoms. The van der Waals surface area contributed by atoms with E-state index >= 15 is 0 Å². The van der Waals surface area contributed by atoms with Crippen LogP contribution < -0.4 is 0 Å². The average Bonchev–Trinajstić information content (AvgIpc) is 3.19. The largest absolute Gasteiger partial charge is 0.472 e. The van der Waals surface area contributed by atoms with Gasteiger partial charge in [0.15, 0.2) is 0 Å². The number of ketones is 1. The predicted octanol–water partition coefficient (Wildman–Crippen LogP) is 2.43. The summed E-state index contributed by atoms with van der Waals surface area (Å²) in [4.78, 5) is 37.6. The summed E-state index contributed by atoms with van der Waals surface area (Å²) in [6.45, 7) is 2.09. The zero-order chi connectivity index (χ0) is 17.3. The van der Waals surface area contributed by atoms with Crippen molar-refractivity contribution in [3.63, 3.8) is 0 Å². The lowest BCUT2D eigenvalue weighted by Gasteiger charge is -2.54. The number of hydrogen-bond acceptors (Lipinski definition) is 6. The predicted molar refractivity (Wildman–Crippen MR) is 83.0 cm³/mol. The molecule has 0 N–H and O–H groups in total. The Labute approximate surface area is 144 Å². The Kier molecular flexibility index (Phi) is 3.01. The molecule has 2 bridgehead atoms. The molecule has 7 atom stereocenters. The first-order valence-corrected chi connectivity index (χ1v) is 8.93. The molecule has 0 aromatic carbocycles. The molecule has 5 rings (SSSR count). The Hall–Kier alpha value is -2.11. The first kappa shape index (κ1) is 15.2. The van der Waals surface area contributed by atoms with E-state index in [0.717, 1.165) is 5.56 Å². The molecule has 6 heteroatoms. The number of carbonyl (C=O) groups is 3. The van der Waals surface area contributed by atoms with E-state index in [1.165, 1.54) is 0 Å². The Morgan fingerprint density at radius 3 is 2.72 bits per heavy atom. The molecule has 1 aromatic rings. The summed E-state index contributed by atoms with van der Waals surface area (Å²) in [7, 11) is 0. The fourth-order valence-electron chi connectivity index (χ4n) is 5.74. The molecule has 25 heavy (non-hydrogen) atoms. The number of fused-ring (bicyclic) bond motifs is 6. The molecular formula is C19H20O6. The molecule has 1 aromatic heterocycles. The minimum atomic E-state index is -0.433. The van der Waals surface area contributed by atoms with Crippen molar-refractivity contribution in [3.05, 3.63) is 24.2 Å². The summed E-state index contributed by atoms with van der Waals surface area (Å²) in [5, 5.41) is 0. The summed E-state index contributed by atoms with van der Waals surface area (Å²) in [5.41, 5.74) is 0.466. The summed E-state index contributed by atoms with van der Waals surface area (Å²) >= 11 is 0. The third-order valence-corrected chi connectivity index (χ3v) is 6.99. The van der Waals surface area contributed by atoms with Crippen molar-refractivity contribution in [3.8, 4) is 0 Å². The molecule has 0 radical (unpaired) electrons. The number of furan rings is 1. The minimum Gasteiger partial charge on any atom is -0.472 e. The molecule has 3 heterocycles. The van der Waals surface area contributed by atoms with Crippen molar-refractivity contribution in [2.75, 3.05) is 0 Å². The topological polar surface area (TPSA) is 82.8 Å². The fourth-order valence-corrected chi connectivity index (χ4v) is 5.74. The molecule has 6 unspecified atom stereocenters. The maximum Gasteiger partial charge on any atom is 0.310 e. The van der Waals surface area contributed by atoms with Crippen LogP contribution in [0.4, 0.5) is 0 Å². The maximum absolute atomic E-state index is 12.8. The van der Waals surface area contributed by atoms with Gasteiger partial charge in [-0.1, -0.05) is 6.92 Å². The van der Waals surface area contributed by atoms with Crippen molar-refractivity contribution < 1.29 is 28.3 Å². The lowest BCUT2D eigenvalue weighted by molar-refractivity contribution is -0.191. The van der Waals surface area contributed by atoms with E-state index in [4.69, 9.17) is 13.9 Å². The van der Waals surface area contributed by atoms with Crippen LogP contribution in [0.5, 0.6) is 0 Å². The van der Waals surface area contributed by atoms with Gasteiger partial charge in [-0.25, -0.2) is 0 Å². The summed E-state index contributed by atoms with van der Waals surface area (Å²) in [6.07, 6.45) is 4.81. The smallest absolute Gasteiger partial charge is 0.310 e. The van der Waals surface area contributed by atoms with E-state index in [0.29, 0.717) is 19.3 Å². The Morgan fingerprint density at radius 1 is 1.12 bits per heavy atom. The monoisotopic (exact) mass is 344 g/mol. The van der Waals surface area contributed by atoms with Gasteiger partial charge in [0.05, 0.1) is 24.4 Å². The second-order valence-electron chi connectivity index (χ2n) is 8.18. The zero-order valence-corrected chi connectivity index (χ0v) is 14.0. The van der Waals surface area contributed by atoms with E-state index < -0.39 is 5.92 Å². The Balaban J connectivity index is 1.55. The average molecular weight is 344 g/mol. The normalized spacial score (nSPS) is 45.4. The van der Waals surface area contributed by atoms with Gasteiger partial charge in [-0.15, -0.1) is 0 Å². The number of rotatable bonds is 1. The third-order valence-electron chi connectivity index (χ3n) is 6.99. The quantitative estimate of drug-likeness (QED) is 0.728. The Bertz CT molecular complexity index is 752. The first-order chi connectivity index (χ1) is 12.0. The molecule has 2 aliphatic heterocycles. The maximum atomic E-state index is 12.8. The van der Waals surface area contributed by atoms with Crippen LogP contribution in [0.3, 0.4) is 0 Å². The Morgan fingerprint density at radius 2 is 1.96 bits per heavy atom. The van der Waals surface area contributed by atoms with Crippen LogP contribution in [-0.2, 0) is 23.9 Å². The fraction of sp³-hybridized carbons (Fsp3) is 0.632. The second kappa shape index (κ2) is 4.96. The number of carbonyl (C=O) groups excluding carboxylic acids is 3. The molecular weight excluding hydrogens is 324 g/mol. The first-order valence-electron chi connectivity index (χ1n) is 8.93. The SMILES string of the molecule is C[C@]12CC(c3ccoc3)OC(=O)C1CC(=O)C1C3CC(CC12)OC3=O. The van der Waals surface area contributed by atoms with Crippen LogP contribution in [0.2, 0.25) is 0 Å². The van der Waals surface area contributed by atoms with Crippen molar-refractivity contribution in [1.82, 2.24) is 0 Å². The van der Waals surface area contributed by atoms with Gasteiger partial charge in [-0.05, 0) is 36.7 Å². The van der Waals surface area contributed by atoms with E-state index in [2.05, 4.69) is 6.92 Å². The van der Waals surface area contributed by atoms with Crippen molar-refractivity contribution in [1.29, 1.82) is 0 Å². The van der Waals surface area contributed by atoms with E-state index in [-0.39, 0.29) is 59.5 Å². The lowest BCUT2D eigenvalue weighted by atomic mass is 9.49. The van der Waals surface area contributed by atoms with Gasteiger partial charge in [0.2, 0.25) is 0 Å². The number of Topliss-reactive ketones (excluding diaryl/α,β-unsaturated/α-hetero) is 1. The van der Waals surface area contributed by atoms with Gasteiger partial charge in [-0.3, -0.25) is 14.4 Å². The number of hydrogen-bond donors (Lipinski definition) is 0. The van der Waals surface area contributed by atoms with Gasteiger partial charge in [0.25, 0.3) is 0 Å². The number of ether oxygens (including phenoxy) is 2. The lowest BCUT2D eigenvalue weighted by Crippen LogP contribution is -2.57. The van der Waals surface area contributed by atoms with Gasteiger partial charge in [0.1, 0.15) is 18.0 Å². The van der Waals surface area contributed by atoms with Crippen LogP contribution in [0.15, 0.2) is 23.0 Å². The van der Waals surface area contributed by atoms with Crippen LogP contribution in [0.25, 0.3) is 0 Å². The van der Waals surface area contributed by atoms with Crippen LogP contribution in [0.1, 0.15) is 44.3 Å². The summed E-state index contributed by atoms with van der Waals surface area (Å²) in [6, 6.07) is 1.81. The highest BCUT2D eigenvalue weighted by molar-refractivity contribution is 5.93. The molecule has 132 valence electrons. The number of cyclic esters (lactones) is 1. The molecule has 4 aliphatic rings. The van der Waals surface area contributed by atoms with Crippen LogP contribution >= 0.6 is 0 Å². The van der Waals surface area contributed by atoms with Gasteiger partial charge < -0.3 is 13.9 Å². The summed E-state index contributed by atoms with van der Waals surface area (Å²) < 4.78 is 16.2. The van der Waals surface area contributed by atoms with E-state index in [1.807, 2.05) is 6.07 Å². The molecule has 2 aliphatic carbocycles. The third kappa shape index (κ3) is 1.99. The molecule has 6 nitrogen and oxygen atoms in total. The van der Waals surface area contributed by atoms with Crippen LogP contribution in [-0.4, -0.2) is 23.8 Å². The molecule has 2 saturated carbocycles. The van der Waals surface area contributed by atoms with Crippen LogP contribution in [0, 0.1) is 29.1 Å². The highest BCUT2D eigenvalue weighted by Crippen LogP contribution is 2.61. The van der Waals surface area contributed by atoms with Crippen molar-refractivity contribution in [2.45, 2.75) is 44.8 Å².